The molecule has 7 nitrogen and oxygen atoms in total. The molecule has 28 heavy (non-hydrogen) atoms. The number of carbonyl (C=O) groups excluding carboxylic acids is 2. The van der Waals surface area contributed by atoms with Gasteiger partial charge in [-0.2, -0.15) is 0 Å². The molecule has 7 heteroatoms. The van der Waals surface area contributed by atoms with Gasteiger partial charge < -0.3 is 25.0 Å². The van der Waals surface area contributed by atoms with Gasteiger partial charge in [0.15, 0.2) is 0 Å². The Morgan fingerprint density at radius 2 is 2.18 bits per heavy atom. The number of hydrogen-bond donors (Lipinski definition) is 2. The summed E-state index contributed by atoms with van der Waals surface area (Å²) in [5.41, 5.74) is 1.24. The molecule has 3 heterocycles. The van der Waals surface area contributed by atoms with E-state index in [4.69, 9.17) is 9.47 Å². The molecule has 1 spiro atoms. The molecular formula is C21H29N3O4. The van der Waals surface area contributed by atoms with Crippen molar-refractivity contribution in [1.82, 2.24) is 15.5 Å². The summed E-state index contributed by atoms with van der Waals surface area (Å²) in [6, 6.07) is 5.57. The lowest BCUT2D eigenvalue weighted by Crippen LogP contribution is -2.42. The highest BCUT2D eigenvalue weighted by Gasteiger charge is 2.63. The normalized spacial score (nSPS) is 30.2. The van der Waals surface area contributed by atoms with Gasteiger partial charge in [-0.25, -0.2) is 4.79 Å². The van der Waals surface area contributed by atoms with Crippen LogP contribution < -0.4 is 15.4 Å². The Kier molecular flexibility index (Phi) is 4.95. The minimum Gasteiger partial charge on any atom is -0.496 e. The van der Waals surface area contributed by atoms with Crippen LogP contribution in [0.1, 0.15) is 35.7 Å². The summed E-state index contributed by atoms with van der Waals surface area (Å²) in [7, 11) is 1.58. The predicted octanol–water partition coefficient (Wildman–Crippen LogP) is 1.94. The van der Waals surface area contributed by atoms with Crippen molar-refractivity contribution < 1.29 is 19.1 Å². The van der Waals surface area contributed by atoms with E-state index >= 15 is 0 Å². The average molecular weight is 387 g/mol. The zero-order valence-corrected chi connectivity index (χ0v) is 16.8. The highest BCUT2D eigenvalue weighted by molar-refractivity contribution is 5.98. The molecule has 0 unspecified atom stereocenters. The molecule has 3 saturated heterocycles. The number of carbonyl (C=O) groups is 2. The second-order valence-corrected chi connectivity index (χ2v) is 8.11. The molecule has 3 aliphatic rings. The maximum atomic E-state index is 12.8. The number of nitrogens with zero attached hydrogens (tertiary/aromatic N) is 1. The number of benzene rings is 1. The average Bonchev–Trinajstić information content (AvgIpc) is 3.34. The van der Waals surface area contributed by atoms with E-state index in [2.05, 4.69) is 10.6 Å². The zero-order valence-electron chi connectivity index (χ0n) is 16.8. The van der Waals surface area contributed by atoms with Crippen LogP contribution in [-0.4, -0.2) is 61.8 Å². The molecule has 152 valence electrons. The Hall–Kier alpha value is -2.28. The lowest BCUT2D eigenvalue weighted by atomic mass is 9.73. The van der Waals surface area contributed by atoms with Crippen molar-refractivity contribution in [1.29, 1.82) is 0 Å². The van der Waals surface area contributed by atoms with E-state index < -0.39 is 0 Å². The van der Waals surface area contributed by atoms with Crippen molar-refractivity contribution in [3.8, 4) is 5.75 Å². The molecule has 0 aromatic heterocycles. The fourth-order valence-corrected chi connectivity index (χ4v) is 5.28. The van der Waals surface area contributed by atoms with Gasteiger partial charge in [0.1, 0.15) is 5.75 Å². The molecule has 0 radical (unpaired) electrons. The number of likely N-dealkylation sites (tertiary alicyclic amines) is 1. The number of aryl methyl sites for hydroxylation is 1. The lowest BCUT2D eigenvalue weighted by molar-refractivity contribution is 0.00555. The maximum Gasteiger partial charge on any atom is 0.317 e. The van der Waals surface area contributed by atoms with Gasteiger partial charge in [0, 0.05) is 31.5 Å². The SMILES string of the molecule is CCNC(=O)N1C[C@@H]2[C@H](CNC(=O)c3c(C)cccc3OC)[C@H]3CC[C@]2(C1)O3. The van der Waals surface area contributed by atoms with Crippen LogP contribution in [-0.2, 0) is 4.74 Å². The Morgan fingerprint density at radius 1 is 1.36 bits per heavy atom. The highest BCUT2D eigenvalue weighted by atomic mass is 16.5. The number of urea groups is 1. The predicted molar refractivity (Wildman–Crippen MR) is 105 cm³/mol. The first-order chi connectivity index (χ1) is 13.5. The monoisotopic (exact) mass is 387 g/mol. The summed E-state index contributed by atoms with van der Waals surface area (Å²) >= 11 is 0. The second kappa shape index (κ2) is 7.28. The minimum absolute atomic E-state index is 0.0224. The van der Waals surface area contributed by atoms with Gasteiger partial charge in [-0.3, -0.25) is 4.79 Å². The molecule has 2 bridgehead atoms. The molecule has 3 fully saturated rings. The van der Waals surface area contributed by atoms with Crippen LogP contribution in [0.15, 0.2) is 18.2 Å². The molecule has 3 aliphatic heterocycles. The summed E-state index contributed by atoms with van der Waals surface area (Å²) in [5.74, 6) is 0.965. The molecule has 4 rings (SSSR count). The largest absolute Gasteiger partial charge is 0.496 e. The quantitative estimate of drug-likeness (QED) is 0.809. The summed E-state index contributed by atoms with van der Waals surface area (Å²) in [6.07, 6.45) is 2.16. The Labute approximate surface area is 165 Å². The molecule has 1 aromatic carbocycles. The fourth-order valence-electron chi connectivity index (χ4n) is 5.28. The maximum absolute atomic E-state index is 12.8. The van der Waals surface area contributed by atoms with Crippen molar-refractivity contribution in [3.05, 3.63) is 29.3 Å². The zero-order chi connectivity index (χ0) is 19.9. The van der Waals surface area contributed by atoms with E-state index in [-0.39, 0.29) is 35.5 Å². The number of amides is 3. The molecule has 4 atom stereocenters. The molecule has 1 aromatic rings. The summed E-state index contributed by atoms with van der Waals surface area (Å²) < 4.78 is 11.7. The minimum atomic E-state index is -0.231. The highest BCUT2D eigenvalue weighted by Crippen LogP contribution is 2.54. The third kappa shape index (κ3) is 3.02. The molecule has 3 amide bonds. The first-order valence-electron chi connectivity index (χ1n) is 10.1. The van der Waals surface area contributed by atoms with Gasteiger partial charge in [0.25, 0.3) is 5.91 Å². The van der Waals surface area contributed by atoms with Crippen molar-refractivity contribution in [3.63, 3.8) is 0 Å². The molecule has 2 N–H and O–H groups in total. The summed E-state index contributed by atoms with van der Waals surface area (Å²) in [5, 5.41) is 5.99. The fraction of sp³-hybridized carbons (Fsp3) is 0.619. The lowest BCUT2D eigenvalue weighted by Gasteiger charge is -2.29. The van der Waals surface area contributed by atoms with Crippen LogP contribution in [0.4, 0.5) is 4.79 Å². The van der Waals surface area contributed by atoms with E-state index in [0.717, 1.165) is 18.4 Å². The number of nitrogens with one attached hydrogen (secondary N) is 2. The standard InChI is InChI=1S/C21H29N3O4/c1-4-22-20(26)24-11-15-14(16-8-9-21(15,12-24)28-16)10-23-19(25)18-13(2)6-5-7-17(18)27-3/h5-7,14-16H,4,8-12H2,1-3H3,(H,22,26)(H,23,25)/t14-,15+,16+,21+/m0/s1. The molecule has 0 aliphatic carbocycles. The van der Waals surface area contributed by atoms with Crippen LogP contribution >= 0.6 is 0 Å². The van der Waals surface area contributed by atoms with Crippen LogP contribution in [0.5, 0.6) is 5.75 Å². The van der Waals surface area contributed by atoms with E-state index in [1.807, 2.05) is 30.9 Å². The van der Waals surface area contributed by atoms with Crippen LogP contribution in [0.25, 0.3) is 0 Å². The van der Waals surface area contributed by atoms with Gasteiger partial charge in [-0.05, 0) is 38.3 Å². The van der Waals surface area contributed by atoms with Crippen molar-refractivity contribution in [2.45, 2.75) is 38.4 Å². The summed E-state index contributed by atoms with van der Waals surface area (Å²) in [6.45, 7) is 6.35. The molecular weight excluding hydrogens is 358 g/mol. The van der Waals surface area contributed by atoms with E-state index in [9.17, 15) is 9.59 Å². The van der Waals surface area contributed by atoms with Gasteiger partial charge in [-0.1, -0.05) is 12.1 Å². The van der Waals surface area contributed by atoms with Gasteiger partial charge in [-0.15, -0.1) is 0 Å². The van der Waals surface area contributed by atoms with Crippen molar-refractivity contribution in [2.75, 3.05) is 33.3 Å². The number of fused-ring (bicyclic) bond motifs is 1. The summed E-state index contributed by atoms with van der Waals surface area (Å²) in [4.78, 5) is 27.0. The second-order valence-electron chi connectivity index (χ2n) is 8.11. The molecule has 0 saturated carbocycles. The first-order valence-corrected chi connectivity index (χ1v) is 10.1. The van der Waals surface area contributed by atoms with Gasteiger partial charge >= 0.3 is 6.03 Å². The Bertz CT molecular complexity index is 783. The number of methoxy groups -OCH3 is 1. The topological polar surface area (TPSA) is 79.9 Å². The van der Waals surface area contributed by atoms with Crippen molar-refractivity contribution in [2.24, 2.45) is 11.8 Å². The number of ether oxygens (including phenoxy) is 2. The van der Waals surface area contributed by atoms with E-state index in [0.29, 0.717) is 37.5 Å². The number of hydrogen-bond acceptors (Lipinski definition) is 4. The number of rotatable bonds is 5. The smallest absolute Gasteiger partial charge is 0.317 e. The third-order valence-electron chi connectivity index (χ3n) is 6.58. The van der Waals surface area contributed by atoms with Gasteiger partial charge in [0.2, 0.25) is 0 Å². The van der Waals surface area contributed by atoms with Gasteiger partial charge in [0.05, 0.1) is 30.9 Å². The van der Waals surface area contributed by atoms with Crippen LogP contribution in [0.2, 0.25) is 0 Å². The Balaban J connectivity index is 1.45. The Morgan fingerprint density at radius 3 is 2.93 bits per heavy atom. The first kappa shape index (κ1) is 19.1. The van der Waals surface area contributed by atoms with E-state index in [1.165, 1.54) is 0 Å². The van der Waals surface area contributed by atoms with Crippen molar-refractivity contribution >= 4 is 11.9 Å². The van der Waals surface area contributed by atoms with Crippen LogP contribution in [0.3, 0.4) is 0 Å². The van der Waals surface area contributed by atoms with E-state index in [1.54, 1.807) is 13.2 Å². The van der Waals surface area contributed by atoms with Crippen LogP contribution in [0, 0.1) is 18.8 Å². The third-order valence-corrected chi connectivity index (χ3v) is 6.58.